The van der Waals surface area contributed by atoms with Gasteiger partial charge in [-0.25, -0.2) is 0 Å². The number of thioether (sulfide) groups is 1. The number of hydrogen-bond donors (Lipinski definition) is 0. The zero-order valence-electron chi connectivity index (χ0n) is 14.7. The number of thiophene rings is 1. The number of nitrogens with zero attached hydrogens (tertiary/aromatic N) is 2. The van der Waals surface area contributed by atoms with Crippen LogP contribution in [0.4, 0.5) is 13.2 Å². The normalized spacial score (nSPS) is 16.3. The van der Waals surface area contributed by atoms with Gasteiger partial charge in [-0.2, -0.15) is 24.5 Å². The molecule has 1 fully saturated rings. The molecule has 2 aromatic rings. The second-order valence-electron chi connectivity index (χ2n) is 6.51. The number of hydrogen-bond acceptors (Lipinski definition) is 4. The van der Waals surface area contributed by atoms with Crippen molar-refractivity contribution in [3.8, 4) is 0 Å². The van der Waals surface area contributed by atoms with Crippen molar-refractivity contribution in [1.82, 2.24) is 9.80 Å². The molecular weight excluding hydrogens is 393 g/mol. The summed E-state index contributed by atoms with van der Waals surface area (Å²) in [6.45, 7) is 3.99. The second kappa shape index (κ2) is 9.12. The fourth-order valence-electron chi connectivity index (χ4n) is 3.16. The van der Waals surface area contributed by atoms with E-state index in [2.05, 4.69) is 21.7 Å². The highest BCUT2D eigenvalue weighted by Gasteiger charge is 2.29. The van der Waals surface area contributed by atoms with E-state index in [1.165, 1.54) is 17.7 Å². The fraction of sp³-hybridized carbons (Fsp3) is 0.421. The molecule has 146 valence electrons. The molecule has 0 aliphatic carbocycles. The van der Waals surface area contributed by atoms with Gasteiger partial charge in [-0.15, -0.1) is 0 Å². The smallest absolute Gasteiger partial charge is 0.341 e. The van der Waals surface area contributed by atoms with Gasteiger partial charge >= 0.3 is 5.51 Å². The largest absolute Gasteiger partial charge is 0.446 e. The lowest BCUT2D eigenvalue weighted by Gasteiger charge is -2.22. The number of halogens is 3. The highest BCUT2D eigenvalue weighted by molar-refractivity contribution is 8.00. The lowest BCUT2D eigenvalue weighted by Crippen LogP contribution is -2.36. The van der Waals surface area contributed by atoms with Gasteiger partial charge < -0.3 is 4.90 Å². The third-order valence-electron chi connectivity index (χ3n) is 4.41. The molecule has 1 amide bonds. The van der Waals surface area contributed by atoms with E-state index < -0.39 is 5.51 Å². The van der Waals surface area contributed by atoms with E-state index in [-0.39, 0.29) is 29.0 Å². The molecule has 1 aliphatic heterocycles. The molecule has 8 heteroatoms. The van der Waals surface area contributed by atoms with Crippen LogP contribution in [0, 0.1) is 0 Å². The molecule has 3 rings (SSSR count). The van der Waals surface area contributed by atoms with E-state index in [9.17, 15) is 18.0 Å². The summed E-state index contributed by atoms with van der Waals surface area (Å²) in [5.41, 5.74) is -2.41. The van der Waals surface area contributed by atoms with Crippen molar-refractivity contribution in [3.63, 3.8) is 0 Å². The van der Waals surface area contributed by atoms with Gasteiger partial charge in [-0.1, -0.05) is 12.1 Å². The fourth-order valence-corrected chi connectivity index (χ4v) is 4.44. The van der Waals surface area contributed by atoms with Crippen LogP contribution in [0.25, 0.3) is 0 Å². The first-order chi connectivity index (χ1) is 12.9. The molecule has 0 bridgehead atoms. The molecule has 0 atom stereocenters. The van der Waals surface area contributed by atoms with Gasteiger partial charge in [0.1, 0.15) is 0 Å². The lowest BCUT2D eigenvalue weighted by molar-refractivity contribution is -0.130. The Kier molecular flexibility index (Phi) is 6.83. The number of benzene rings is 1. The maximum absolute atomic E-state index is 12.6. The van der Waals surface area contributed by atoms with Crippen molar-refractivity contribution in [2.24, 2.45) is 0 Å². The lowest BCUT2D eigenvalue weighted by atomic mass is 10.1. The predicted octanol–water partition coefficient (Wildman–Crippen LogP) is 4.64. The summed E-state index contributed by atoms with van der Waals surface area (Å²) >= 11 is 1.53. The third kappa shape index (κ3) is 6.55. The van der Waals surface area contributed by atoms with E-state index in [4.69, 9.17) is 0 Å². The average Bonchev–Trinajstić information content (AvgIpc) is 2.98. The van der Waals surface area contributed by atoms with Crippen molar-refractivity contribution in [1.29, 1.82) is 0 Å². The Balaban J connectivity index is 1.54. The molecule has 0 radical (unpaired) electrons. The zero-order valence-corrected chi connectivity index (χ0v) is 16.4. The number of amides is 1. The third-order valence-corrected chi connectivity index (χ3v) is 5.87. The SMILES string of the molecule is O=C(Cc1cccc(SC(F)(F)F)c1)N1CCCN(Cc2ccsc2)CC1. The molecule has 1 aliphatic rings. The van der Waals surface area contributed by atoms with Gasteiger partial charge in [-0.05, 0) is 58.3 Å². The summed E-state index contributed by atoms with van der Waals surface area (Å²) in [6.07, 6.45) is 1.04. The summed E-state index contributed by atoms with van der Waals surface area (Å²) in [6, 6.07) is 8.27. The Bertz CT molecular complexity index is 750. The van der Waals surface area contributed by atoms with Gasteiger partial charge in [0, 0.05) is 37.6 Å². The molecule has 1 aromatic carbocycles. The van der Waals surface area contributed by atoms with Gasteiger partial charge in [0.25, 0.3) is 0 Å². The van der Waals surface area contributed by atoms with Crippen LogP contribution in [-0.2, 0) is 17.8 Å². The van der Waals surface area contributed by atoms with Crippen molar-refractivity contribution in [2.75, 3.05) is 26.2 Å². The van der Waals surface area contributed by atoms with Crippen LogP contribution in [0.1, 0.15) is 17.5 Å². The van der Waals surface area contributed by atoms with Crippen LogP contribution in [0.15, 0.2) is 46.0 Å². The van der Waals surface area contributed by atoms with Crippen LogP contribution in [-0.4, -0.2) is 47.4 Å². The average molecular weight is 415 g/mol. The van der Waals surface area contributed by atoms with E-state index >= 15 is 0 Å². The first kappa shape index (κ1) is 20.2. The number of alkyl halides is 3. The quantitative estimate of drug-likeness (QED) is 0.666. The molecular formula is C19H21F3N2OS2. The number of carbonyl (C=O) groups is 1. The highest BCUT2D eigenvalue weighted by Crippen LogP contribution is 2.37. The van der Waals surface area contributed by atoms with E-state index in [0.29, 0.717) is 18.7 Å². The van der Waals surface area contributed by atoms with Gasteiger partial charge in [0.2, 0.25) is 5.91 Å². The Morgan fingerprint density at radius 2 is 1.96 bits per heavy atom. The van der Waals surface area contributed by atoms with Gasteiger partial charge in [-0.3, -0.25) is 9.69 Å². The minimum atomic E-state index is -4.32. The Morgan fingerprint density at radius 1 is 1.11 bits per heavy atom. The minimum absolute atomic E-state index is 0.0263. The van der Waals surface area contributed by atoms with Crippen LogP contribution >= 0.6 is 23.1 Å². The summed E-state index contributed by atoms with van der Waals surface area (Å²) < 4.78 is 37.6. The van der Waals surface area contributed by atoms with Crippen LogP contribution in [0.2, 0.25) is 0 Å². The molecule has 0 N–H and O–H groups in total. The number of rotatable bonds is 5. The van der Waals surface area contributed by atoms with Crippen LogP contribution in [0.3, 0.4) is 0 Å². The molecule has 0 unspecified atom stereocenters. The summed E-state index contributed by atoms with van der Waals surface area (Å²) in [5.74, 6) is -0.0263. The van der Waals surface area contributed by atoms with Crippen LogP contribution < -0.4 is 0 Å². The summed E-state index contributed by atoms with van der Waals surface area (Å²) in [7, 11) is 0. The highest BCUT2D eigenvalue weighted by atomic mass is 32.2. The first-order valence-corrected chi connectivity index (χ1v) is 10.5. The molecule has 1 aromatic heterocycles. The maximum atomic E-state index is 12.6. The molecule has 27 heavy (non-hydrogen) atoms. The molecule has 0 spiro atoms. The van der Waals surface area contributed by atoms with Crippen molar-refractivity contribution < 1.29 is 18.0 Å². The second-order valence-corrected chi connectivity index (χ2v) is 8.43. The molecule has 1 saturated heterocycles. The monoisotopic (exact) mass is 414 g/mol. The predicted molar refractivity (Wildman–Crippen MR) is 103 cm³/mol. The molecule has 2 heterocycles. The molecule has 0 saturated carbocycles. The Labute approximate surface area is 165 Å². The van der Waals surface area contributed by atoms with E-state index in [0.717, 1.165) is 26.1 Å². The van der Waals surface area contributed by atoms with Crippen molar-refractivity contribution in [2.45, 2.75) is 29.8 Å². The van der Waals surface area contributed by atoms with Crippen LogP contribution in [0.5, 0.6) is 0 Å². The van der Waals surface area contributed by atoms with E-state index in [1.54, 1.807) is 23.5 Å². The summed E-state index contributed by atoms with van der Waals surface area (Å²) in [4.78, 5) is 16.9. The maximum Gasteiger partial charge on any atom is 0.446 e. The van der Waals surface area contributed by atoms with Crippen molar-refractivity contribution in [3.05, 3.63) is 52.2 Å². The topological polar surface area (TPSA) is 23.6 Å². The van der Waals surface area contributed by atoms with E-state index in [1.807, 2.05) is 4.90 Å². The van der Waals surface area contributed by atoms with Gasteiger partial charge in [0.05, 0.1) is 6.42 Å². The zero-order chi connectivity index (χ0) is 19.3. The summed E-state index contributed by atoms with van der Waals surface area (Å²) in [5, 5.41) is 4.20. The first-order valence-electron chi connectivity index (χ1n) is 8.75. The van der Waals surface area contributed by atoms with Gasteiger partial charge in [0.15, 0.2) is 0 Å². The van der Waals surface area contributed by atoms with Crippen molar-refractivity contribution >= 4 is 29.0 Å². The Morgan fingerprint density at radius 3 is 2.70 bits per heavy atom. The number of carbonyl (C=O) groups excluding carboxylic acids is 1. The standard InChI is InChI=1S/C19H21F3N2OS2/c20-19(21,22)27-17-4-1-3-15(11-17)12-18(25)24-7-2-6-23(8-9-24)13-16-5-10-26-14-16/h1,3-5,10-11,14H,2,6-9,12-13H2. The Hall–Kier alpha value is -1.51. The molecule has 3 nitrogen and oxygen atoms in total. The minimum Gasteiger partial charge on any atom is -0.341 e.